The van der Waals surface area contributed by atoms with E-state index in [-0.39, 0.29) is 6.61 Å². The molecule has 0 heterocycles. The van der Waals surface area contributed by atoms with Gasteiger partial charge >= 0.3 is 0 Å². The predicted molar refractivity (Wildman–Crippen MR) is 178 cm³/mol. The number of nitrogens with zero attached hydrogens (tertiary/aromatic N) is 7. The number of hydrogen-bond acceptors (Lipinski definition) is 9. The van der Waals surface area contributed by atoms with Crippen molar-refractivity contribution in [3.05, 3.63) is 95.6 Å². The number of methoxy groups -OCH3 is 1. The summed E-state index contributed by atoms with van der Waals surface area (Å²) in [6.45, 7) is 9.82. The van der Waals surface area contributed by atoms with E-state index in [0.29, 0.717) is 28.4 Å². The maximum Gasteiger partial charge on any atom is 0.144 e. The summed E-state index contributed by atoms with van der Waals surface area (Å²) in [5.74, 6) is 0.690. The van der Waals surface area contributed by atoms with Crippen LogP contribution in [0.4, 0.5) is 39.8 Å². The van der Waals surface area contributed by atoms with E-state index in [0.717, 1.165) is 47.8 Å². The highest BCUT2D eigenvalue weighted by molar-refractivity contribution is 5.67. The Kier molecular flexibility index (Phi) is 11.8. The van der Waals surface area contributed by atoms with Crippen LogP contribution in [0.5, 0.6) is 5.75 Å². The fraction of sp³-hybridized carbons (Fsp3) is 0.314. The van der Waals surface area contributed by atoms with Crippen LogP contribution in [0.1, 0.15) is 50.3 Å². The lowest BCUT2D eigenvalue weighted by atomic mass is 10.1. The number of aliphatic hydroxyl groups is 1. The molecule has 4 aromatic carbocycles. The monoisotopic (exact) mass is 591 g/mol. The number of ether oxygens (including phenoxy) is 1. The zero-order chi connectivity index (χ0) is 31.3. The molecule has 9 nitrogen and oxygen atoms in total. The van der Waals surface area contributed by atoms with E-state index in [1.807, 2.05) is 73.7 Å². The maximum absolute atomic E-state index is 9.99. The van der Waals surface area contributed by atoms with E-state index in [2.05, 4.69) is 68.5 Å². The third-order valence-corrected chi connectivity index (χ3v) is 7.27. The lowest BCUT2D eigenvalue weighted by molar-refractivity contribution is 0.282. The Morgan fingerprint density at radius 1 is 0.659 bits per heavy atom. The number of hydrogen-bond donors (Lipinski definition) is 1. The third-order valence-electron chi connectivity index (χ3n) is 7.27. The lowest BCUT2D eigenvalue weighted by Crippen LogP contribution is -2.22. The Morgan fingerprint density at radius 2 is 1.20 bits per heavy atom. The molecule has 4 aromatic rings. The standard InChI is InChI=1S/C35H41N7O2/c1-6-9-10-26-11-13-28(14-12-26)36-37-29-15-17-30(18-16-29)38-40-32-20-19-31(21-25(32)4)39-41-33-23-35(44-5)34(22-27(33)24-43)42(7-2)8-3/h11-23,43H,6-10,24H2,1-5H3/b37-36+,40-38+,41-39+. The Hall–Kier alpha value is -4.76. The van der Waals surface area contributed by atoms with Crippen LogP contribution in [0.2, 0.25) is 0 Å². The van der Waals surface area contributed by atoms with Crippen molar-refractivity contribution in [1.82, 2.24) is 0 Å². The fourth-order valence-electron chi connectivity index (χ4n) is 4.64. The lowest BCUT2D eigenvalue weighted by Gasteiger charge is -2.24. The molecule has 228 valence electrons. The summed E-state index contributed by atoms with van der Waals surface area (Å²) in [4.78, 5) is 2.17. The van der Waals surface area contributed by atoms with Gasteiger partial charge in [-0.3, -0.25) is 0 Å². The molecule has 0 unspecified atom stereocenters. The molecule has 0 amide bonds. The number of aliphatic hydroxyl groups excluding tert-OH is 1. The second-order valence-corrected chi connectivity index (χ2v) is 10.3. The first kappa shape index (κ1) is 32.2. The van der Waals surface area contributed by atoms with Crippen LogP contribution >= 0.6 is 0 Å². The Balaban J connectivity index is 1.41. The van der Waals surface area contributed by atoms with E-state index in [9.17, 15) is 5.11 Å². The maximum atomic E-state index is 9.99. The SMILES string of the molecule is CCCCc1ccc(/N=N/c2ccc(/N=N/c3ccc(/N=N/c4cc(OC)c(N(CC)CC)cc4CO)cc3C)cc2)cc1. The third kappa shape index (κ3) is 8.64. The summed E-state index contributed by atoms with van der Waals surface area (Å²) in [6, 6.07) is 25.0. The highest BCUT2D eigenvalue weighted by Gasteiger charge is 2.14. The Bertz CT molecular complexity index is 1590. The molecule has 1 N–H and O–H groups in total. The molecule has 0 aliphatic rings. The number of rotatable bonds is 14. The van der Waals surface area contributed by atoms with Gasteiger partial charge in [-0.05, 0) is 105 Å². The van der Waals surface area contributed by atoms with E-state index < -0.39 is 0 Å². The number of aryl methyl sites for hydroxylation is 2. The average molecular weight is 592 g/mol. The molecule has 0 bridgehead atoms. The van der Waals surface area contributed by atoms with Gasteiger partial charge in [0.15, 0.2) is 0 Å². The molecular weight excluding hydrogens is 550 g/mol. The molecule has 0 radical (unpaired) electrons. The van der Waals surface area contributed by atoms with Crippen LogP contribution in [0, 0.1) is 6.92 Å². The van der Waals surface area contributed by atoms with Crippen LogP contribution in [0.15, 0.2) is 110 Å². The molecule has 0 aliphatic carbocycles. The second kappa shape index (κ2) is 16.2. The molecule has 0 spiro atoms. The van der Waals surface area contributed by atoms with Crippen LogP contribution in [0.25, 0.3) is 0 Å². The highest BCUT2D eigenvalue weighted by atomic mass is 16.5. The first-order valence-corrected chi connectivity index (χ1v) is 15.1. The van der Waals surface area contributed by atoms with Crippen molar-refractivity contribution < 1.29 is 9.84 Å². The molecule has 0 aliphatic heterocycles. The smallest absolute Gasteiger partial charge is 0.144 e. The van der Waals surface area contributed by atoms with Crippen LogP contribution in [-0.2, 0) is 13.0 Å². The van der Waals surface area contributed by atoms with Gasteiger partial charge in [-0.25, -0.2) is 0 Å². The van der Waals surface area contributed by atoms with E-state index >= 15 is 0 Å². The Labute approximate surface area is 260 Å². The summed E-state index contributed by atoms with van der Waals surface area (Å²) in [6.07, 6.45) is 3.47. The van der Waals surface area contributed by atoms with Crippen molar-refractivity contribution in [2.45, 2.75) is 53.6 Å². The van der Waals surface area contributed by atoms with E-state index in [1.165, 1.54) is 18.4 Å². The molecule has 0 fully saturated rings. The molecule has 0 aromatic heterocycles. The first-order valence-electron chi connectivity index (χ1n) is 15.1. The summed E-state index contributed by atoms with van der Waals surface area (Å²) in [7, 11) is 1.63. The minimum absolute atomic E-state index is 0.151. The van der Waals surface area contributed by atoms with Gasteiger partial charge in [-0.1, -0.05) is 25.5 Å². The number of benzene rings is 4. The van der Waals surface area contributed by atoms with Crippen molar-refractivity contribution in [3.63, 3.8) is 0 Å². The molecule has 0 saturated carbocycles. The number of anilines is 1. The minimum atomic E-state index is -0.151. The topological polar surface area (TPSA) is 107 Å². The van der Waals surface area contributed by atoms with Crippen LogP contribution in [0.3, 0.4) is 0 Å². The van der Waals surface area contributed by atoms with Crippen molar-refractivity contribution >= 4 is 39.8 Å². The molecule has 9 heteroatoms. The quantitative estimate of drug-likeness (QED) is 0.147. The number of unbranched alkanes of at least 4 members (excludes halogenated alkanes) is 1. The van der Waals surface area contributed by atoms with Gasteiger partial charge < -0.3 is 14.7 Å². The molecule has 0 saturated heterocycles. The largest absolute Gasteiger partial charge is 0.495 e. The van der Waals surface area contributed by atoms with Crippen molar-refractivity contribution in [2.24, 2.45) is 30.7 Å². The predicted octanol–water partition coefficient (Wildman–Crippen LogP) is 10.9. The van der Waals surface area contributed by atoms with Gasteiger partial charge in [-0.2, -0.15) is 30.7 Å². The normalized spacial score (nSPS) is 11.7. The van der Waals surface area contributed by atoms with Crippen LogP contribution in [-0.4, -0.2) is 25.3 Å². The zero-order valence-electron chi connectivity index (χ0n) is 26.2. The summed E-state index contributed by atoms with van der Waals surface area (Å²) in [5, 5.41) is 36.3. The van der Waals surface area contributed by atoms with E-state index in [1.54, 1.807) is 7.11 Å². The summed E-state index contributed by atoms with van der Waals surface area (Å²) in [5.41, 5.74) is 8.09. The van der Waals surface area contributed by atoms with Crippen molar-refractivity contribution in [3.8, 4) is 5.75 Å². The average Bonchev–Trinajstić information content (AvgIpc) is 3.06. The second-order valence-electron chi connectivity index (χ2n) is 10.3. The highest BCUT2D eigenvalue weighted by Crippen LogP contribution is 2.37. The van der Waals surface area contributed by atoms with Gasteiger partial charge in [0.05, 0.1) is 53.5 Å². The fourth-order valence-corrected chi connectivity index (χ4v) is 4.64. The minimum Gasteiger partial charge on any atom is -0.495 e. The van der Waals surface area contributed by atoms with Crippen molar-refractivity contribution in [2.75, 3.05) is 25.1 Å². The zero-order valence-corrected chi connectivity index (χ0v) is 26.2. The number of azo groups is 3. The van der Waals surface area contributed by atoms with Crippen LogP contribution < -0.4 is 9.64 Å². The molecule has 0 atom stereocenters. The Morgan fingerprint density at radius 3 is 1.75 bits per heavy atom. The van der Waals surface area contributed by atoms with Gasteiger partial charge in [-0.15, -0.1) is 0 Å². The van der Waals surface area contributed by atoms with Gasteiger partial charge in [0.1, 0.15) is 5.75 Å². The van der Waals surface area contributed by atoms with Gasteiger partial charge in [0.25, 0.3) is 0 Å². The summed E-state index contributed by atoms with van der Waals surface area (Å²) < 4.78 is 5.61. The van der Waals surface area contributed by atoms with Gasteiger partial charge in [0, 0.05) is 24.7 Å². The molecule has 4 rings (SSSR count). The molecule has 44 heavy (non-hydrogen) atoms. The molecular formula is C35H41N7O2. The first-order chi connectivity index (χ1) is 21.5. The van der Waals surface area contributed by atoms with Crippen molar-refractivity contribution in [1.29, 1.82) is 0 Å². The van der Waals surface area contributed by atoms with Gasteiger partial charge in [0.2, 0.25) is 0 Å². The summed E-state index contributed by atoms with van der Waals surface area (Å²) >= 11 is 0. The van der Waals surface area contributed by atoms with E-state index in [4.69, 9.17) is 4.74 Å².